The zero-order valence-electron chi connectivity index (χ0n) is 21.4. The number of benzene rings is 1. The summed E-state index contributed by atoms with van der Waals surface area (Å²) in [6.45, 7) is 10.2. The summed E-state index contributed by atoms with van der Waals surface area (Å²) < 4.78 is 7.54. The highest BCUT2D eigenvalue weighted by atomic mass is 16.5. The number of H-pyrrole nitrogens is 1. The lowest BCUT2D eigenvalue weighted by Crippen LogP contribution is -2.51. The van der Waals surface area contributed by atoms with E-state index in [4.69, 9.17) is 15.1 Å². The molecule has 3 aromatic rings. The van der Waals surface area contributed by atoms with Crippen molar-refractivity contribution in [3.8, 4) is 6.07 Å². The van der Waals surface area contributed by atoms with Crippen LogP contribution >= 0.6 is 0 Å². The number of hydrogen-bond acceptors (Lipinski definition) is 6. The Balaban J connectivity index is 0.000000967. The van der Waals surface area contributed by atoms with Crippen LogP contribution in [-0.2, 0) is 11.3 Å². The van der Waals surface area contributed by atoms with E-state index in [0.717, 1.165) is 23.3 Å². The Labute approximate surface area is 211 Å². The van der Waals surface area contributed by atoms with Gasteiger partial charge in [0.2, 0.25) is 0 Å². The van der Waals surface area contributed by atoms with E-state index in [1.165, 1.54) is 19.8 Å². The standard InChI is InChI=1S/C25H31N5O3.C2H3N/c1-15(2)21-14-33-11-10-29(21)25(32)19-7-6-18(12-16(19)3)27-23-22-20(8-9-26-24(22)31)30(28-23)13-17-4-5-17;1-2-3/h6-9,12,15,17,21H,4-5,10-11,13-14H2,1-3H3,(H,26,31)(H,27,28);1H3. The number of anilines is 2. The summed E-state index contributed by atoms with van der Waals surface area (Å²) in [6, 6.07) is 9.42. The monoisotopic (exact) mass is 490 g/mol. The highest BCUT2D eigenvalue weighted by Gasteiger charge is 2.31. The van der Waals surface area contributed by atoms with Crippen molar-refractivity contribution >= 4 is 28.3 Å². The lowest BCUT2D eigenvalue weighted by molar-refractivity contribution is -0.0155. The molecule has 1 aliphatic carbocycles. The maximum Gasteiger partial charge on any atom is 0.261 e. The molecule has 1 aromatic carbocycles. The zero-order chi connectivity index (χ0) is 25.8. The molecule has 1 saturated carbocycles. The molecule has 36 heavy (non-hydrogen) atoms. The van der Waals surface area contributed by atoms with Crippen LogP contribution in [0.4, 0.5) is 11.5 Å². The van der Waals surface area contributed by atoms with Gasteiger partial charge in [0, 0.05) is 37.5 Å². The molecule has 9 nitrogen and oxygen atoms in total. The first kappa shape index (κ1) is 25.5. The first-order valence-electron chi connectivity index (χ1n) is 12.5. The van der Waals surface area contributed by atoms with Gasteiger partial charge in [0.15, 0.2) is 5.82 Å². The summed E-state index contributed by atoms with van der Waals surface area (Å²) in [6.07, 6.45) is 4.09. The van der Waals surface area contributed by atoms with Gasteiger partial charge >= 0.3 is 0 Å². The fourth-order valence-electron chi connectivity index (χ4n) is 4.61. The van der Waals surface area contributed by atoms with Crippen LogP contribution in [0.1, 0.15) is 49.5 Å². The summed E-state index contributed by atoms with van der Waals surface area (Å²) in [7, 11) is 0. The number of aromatic nitrogens is 3. The smallest absolute Gasteiger partial charge is 0.261 e. The van der Waals surface area contributed by atoms with Gasteiger partial charge in [-0.25, -0.2) is 0 Å². The number of ether oxygens (including phenoxy) is 1. The molecule has 0 spiro atoms. The predicted octanol–water partition coefficient (Wildman–Crippen LogP) is 4.21. The summed E-state index contributed by atoms with van der Waals surface area (Å²) in [5, 5.41) is 15.9. The molecule has 2 N–H and O–H groups in total. The van der Waals surface area contributed by atoms with Gasteiger partial charge in [-0.15, -0.1) is 0 Å². The Morgan fingerprint density at radius 2 is 2.08 bits per heavy atom. The molecule has 0 radical (unpaired) electrons. The molecule has 190 valence electrons. The number of amides is 1. The summed E-state index contributed by atoms with van der Waals surface area (Å²) >= 11 is 0. The summed E-state index contributed by atoms with van der Waals surface area (Å²) in [5.74, 6) is 1.55. The van der Waals surface area contributed by atoms with Crippen molar-refractivity contribution < 1.29 is 9.53 Å². The van der Waals surface area contributed by atoms with Crippen molar-refractivity contribution in [3.05, 3.63) is 51.9 Å². The Kier molecular flexibility index (Phi) is 7.75. The van der Waals surface area contributed by atoms with Gasteiger partial charge in [-0.05, 0) is 61.4 Å². The van der Waals surface area contributed by atoms with E-state index in [2.05, 4.69) is 24.1 Å². The topological polar surface area (TPSA) is 116 Å². The second-order valence-corrected chi connectivity index (χ2v) is 9.80. The van der Waals surface area contributed by atoms with E-state index in [0.29, 0.717) is 48.4 Å². The van der Waals surface area contributed by atoms with Crippen molar-refractivity contribution in [1.82, 2.24) is 19.7 Å². The zero-order valence-corrected chi connectivity index (χ0v) is 21.4. The third-order valence-corrected chi connectivity index (χ3v) is 6.72. The third kappa shape index (κ3) is 5.44. The number of morpholine rings is 1. The molecule has 1 amide bonds. The molecule has 2 fully saturated rings. The highest BCUT2D eigenvalue weighted by Crippen LogP contribution is 2.33. The lowest BCUT2D eigenvalue weighted by Gasteiger charge is -2.38. The minimum absolute atomic E-state index is 0.0386. The van der Waals surface area contributed by atoms with E-state index < -0.39 is 0 Å². The molecule has 2 aliphatic rings. The number of aryl methyl sites for hydroxylation is 1. The van der Waals surface area contributed by atoms with Gasteiger partial charge in [-0.1, -0.05) is 13.8 Å². The molecule has 3 heterocycles. The van der Waals surface area contributed by atoms with Crippen LogP contribution in [0.3, 0.4) is 0 Å². The quantitative estimate of drug-likeness (QED) is 0.535. The average molecular weight is 491 g/mol. The van der Waals surface area contributed by atoms with Crippen molar-refractivity contribution in [3.63, 3.8) is 0 Å². The van der Waals surface area contributed by atoms with E-state index in [-0.39, 0.29) is 17.5 Å². The van der Waals surface area contributed by atoms with Crippen molar-refractivity contribution in [2.24, 2.45) is 11.8 Å². The molecule has 1 atom stereocenters. The molecule has 0 bridgehead atoms. The number of pyridine rings is 1. The van der Waals surface area contributed by atoms with E-state index in [1.54, 1.807) is 12.3 Å². The molecule has 1 aliphatic heterocycles. The second kappa shape index (κ2) is 11.0. The van der Waals surface area contributed by atoms with Gasteiger partial charge in [0.1, 0.15) is 5.39 Å². The number of nitriles is 1. The Morgan fingerprint density at radius 1 is 1.33 bits per heavy atom. The number of carbonyl (C=O) groups is 1. The van der Waals surface area contributed by atoms with Gasteiger partial charge in [-0.3, -0.25) is 14.3 Å². The molecule has 1 unspecified atom stereocenters. The average Bonchev–Trinajstić information content (AvgIpc) is 3.60. The van der Waals surface area contributed by atoms with E-state index >= 15 is 0 Å². The molecule has 5 rings (SSSR count). The second-order valence-electron chi connectivity index (χ2n) is 9.80. The van der Waals surface area contributed by atoms with Crippen LogP contribution in [-0.4, -0.2) is 51.4 Å². The normalized spacial score (nSPS) is 17.4. The van der Waals surface area contributed by atoms with E-state index in [9.17, 15) is 9.59 Å². The van der Waals surface area contributed by atoms with Gasteiger partial charge in [0.25, 0.3) is 11.5 Å². The van der Waals surface area contributed by atoms with Gasteiger partial charge in [-0.2, -0.15) is 10.4 Å². The van der Waals surface area contributed by atoms with Crippen molar-refractivity contribution in [2.45, 2.75) is 53.1 Å². The largest absolute Gasteiger partial charge is 0.377 e. The fraction of sp³-hybridized carbons (Fsp3) is 0.481. The molecular weight excluding hydrogens is 456 g/mol. The maximum absolute atomic E-state index is 13.3. The Morgan fingerprint density at radius 3 is 2.75 bits per heavy atom. The van der Waals surface area contributed by atoms with Crippen LogP contribution in [0, 0.1) is 30.1 Å². The highest BCUT2D eigenvalue weighted by molar-refractivity contribution is 5.97. The van der Waals surface area contributed by atoms with E-state index in [1.807, 2.05) is 40.8 Å². The Hall–Kier alpha value is -3.64. The molecule has 1 saturated heterocycles. The number of nitrogens with zero attached hydrogens (tertiary/aromatic N) is 4. The fourth-order valence-corrected chi connectivity index (χ4v) is 4.61. The van der Waals surface area contributed by atoms with Crippen molar-refractivity contribution in [2.75, 3.05) is 25.1 Å². The summed E-state index contributed by atoms with van der Waals surface area (Å²) in [5.41, 5.74) is 3.05. The molecule has 9 heteroatoms. The number of nitrogens with one attached hydrogen (secondary N) is 2. The van der Waals surface area contributed by atoms with Crippen LogP contribution in [0.15, 0.2) is 35.3 Å². The number of carbonyl (C=O) groups excluding carboxylic acids is 1. The van der Waals surface area contributed by atoms with Crippen LogP contribution in [0.2, 0.25) is 0 Å². The molecule has 2 aromatic heterocycles. The van der Waals surface area contributed by atoms with Crippen LogP contribution < -0.4 is 10.9 Å². The first-order chi connectivity index (χ1) is 17.3. The summed E-state index contributed by atoms with van der Waals surface area (Å²) in [4.78, 5) is 30.6. The van der Waals surface area contributed by atoms with Crippen molar-refractivity contribution in [1.29, 1.82) is 5.26 Å². The number of rotatable bonds is 6. The lowest BCUT2D eigenvalue weighted by atomic mass is 9.99. The number of hydrogen-bond donors (Lipinski definition) is 2. The number of fused-ring (bicyclic) bond motifs is 1. The van der Waals surface area contributed by atoms with Gasteiger partial charge < -0.3 is 19.9 Å². The van der Waals surface area contributed by atoms with Crippen LogP contribution in [0.25, 0.3) is 10.9 Å². The minimum Gasteiger partial charge on any atom is -0.377 e. The number of aromatic amines is 1. The first-order valence-corrected chi connectivity index (χ1v) is 12.5. The minimum atomic E-state index is -0.160. The third-order valence-electron chi connectivity index (χ3n) is 6.72. The maximum atomic E-state index is 13.3. The van der Waals surface area contributed by atoms with Gasteiger partial charge in [0.05, 0.1) is 30.8 Å². The molecular formula is C27H34N6O3. The predicted molar refractivity (Wildman–Crippen MR) is 139 cm³/mol. The SMILES string of the molecule is CC#N.Cc1cc(Nc2nn(CC3CC3)c3cc[nH]c(=O)c23)ccc1C(=O)N1CCOCC1C(C)C. The van der Waals surface area contributed by atoms with Crippen LogP contribution in [0.5, 0.6) is 0 Å². The Bertz CT molecular complexity index is 1330.